The number of para-hydroxylation sites is 1. The van der Waals surface area contributed by atoms with E-state index in [2.05, 4.69) is 86.8 Å². The fourth-order valence-corrected chi connectivity index (χ4v) is 4.86. The van der Waals surface area contributed by atoms with Crippen molar-refractivity contribution < 1.29 is 4.79 Å². The lowest BCUT2D eigenvalue weighted by Crippen LogP contribution is -2.28. The summed E-state index contributed by atoms with van der Waals surface area (Å²) in [6.07, 6.45) is 2.49. The molecule has 0 bridgehead atoms. The van der Waals surface area contributed by atoms with Crippen molar-refractivity contribution in [3.05, 3.63) is 125 Å². The minimum absolute atomic E-state index is 0.129. The van der Waals surface area contributed by atoms with E-state index in [9.17, 15) is 4.79 Å². The molecule has 4 aromatic carbocycles. The number of carbonyl (C=O) groups excluding carboxylic acids is 1. The van der Waals surface area contributed by atoms with Crippen LogP contribution in [0.2, 0.25) is 0 Å². The molecule has 0 radical (unpaired) electrons. The van der Waals surface area contributed by atoms with Gasteiger partial charge in [-0.15, -0.1) is 0 Å². The van der Waals surface area contributed by atoms with Gasteiger partial charge in [0.25, 0.3) is 5.91 Å². The summed E-state index contributed by atoms with van der Waals surface area (Å²) in [4.78, 5) is 15.6. The Balaban J connectivity index is 1.37. The first kappa shape index (κ1) is 25.5. The third kappa shape index (κ3) is 5.87. The molecular weight excluding hydrogens is 536 g/mol. The van der Waals surface area contributed by atoms with Crippen LogP contribution in [-0.2, 0) is 0 Å². The van der Waals surface area contributed by atoms with E-state index in [0.29, 0.717) is 12.1 Å². The highest BCUT2D eigenvalue weighted by Gasteiger charge is 2.20. The fourth-order valence-electron chi connectivity index (χ4n) is 4.47. The minimum Gasteiger partial charge on any atom is -0.375 e. The van der Waals surface area contributed by atoms with Gasteiger partial charge in [0, 0.05) is 35.9 Å². The van der Waals surface area contributed by atoms with Crippen LogP contribution in [0.25, 0.3) is 28.1 Å². The quantitative estimate of drug-likeness (QED) is 0.192. The predicted molar refractivity (Wildman–Crippen MR) is 159 cm³/mol. The average Bonchev–Trinajstić information content (AvgIpc) is 3.42. The highest BCUT2D eigenvalue weighted by molar-refractivity contribution is 9.10. The highest BCUT2D eigenvalue weighted by atomic mass is 79.9. The second-order valence-electron chi connectivity index (χ2n) is 9.11. The maximum atomic E-state index is 13.4. The molecule has 0 aliphatic carbocycles. The number of nitrogens with one attached hydrogen (secondary N) is 1. The van der Waals surface area contributed by atoms with Gasteiger partial charge in [0.15, 0.2) is 0 Å². The third-order valence-electron chi connectivity index (χ3n) is 6.48. The molecule has 0 saturated heterocycles. The van der Waals surface area contributed by atoms with Gasteiger partial charge in [0.1, 0.15) is 0 Å². The number of halogens is 1. The van der Waals surface area contributed by atoms with Gasteiger partial charge in [0.2, 0.25) is 0 Å². The molecule has 0 aliphatic rings. The van der Waals surface area contributed by atoms with E-state index in [1.165, 1.54) is 0 Å². The van der Waals surface area contributed by atoms with Crippen molar-refractivity contribution in [2.45, 2.75) is 6.42 Å². The number of carbonyl (C=O) groups is 1. The van der Waals surface area contributed by atoms with Crippen LogP contribution in [0.5, 0.6) is 0 Å². The first-order valence-corrected chi connectivity index (χ1v) is 13.4. The van der Waals surface area contributed by atoms with Crippen LogP contribution < -0.4 is 10.2 Å². The number of rotatable bonds is 9. The van der Waals surface area contributed by atoms with Crippen molar-refractivity contribution in [2.24, 2.45) is 0 Å². The van der Waals surface area contributed by atoms with Crippen molar-refractivity contribution in [2.75, 3.05) is 25.0 Å². The average molecular weight is 566 g/mol. The second kappa shape index (κ2) is 11.9. The SMILES string of the molecule is CN(CCCNC(=O)c1cnn(-c2cccc(Br)c2)c1-c1ccc(-c2ccccc2)cc1)c1ccccc1. The summed E-state index contributed by atoms with van der Waals surface area (Å²) in [6.45, 7) is 1.42. The molecule has 5 rings (SSSR count). The molecule has 5 nitrogen and oxygen atoms in total. The number of nitrogens with zero attached hydrogens (tertiary/aromatic N) is 3. The number of hydrogen-bond donors (Lipinski definition) is 1. The molecule has 1 N–H and O–H groups in total. The van der Waals surface area contributed by atoms with E-state index in [4.69, 9.17) is 0 Å². The molecule has 0 atom stereocenters. The molecule has 6 heteroatoms. The summed E-state index contributed by atoms with van der Waals surface area (Å²) in [7, 11) is 2.07. The lowest BCUT2D eigenvalue weighted by Gasteiger charge is -2.19. The van der Waals surface area contributed by atoms with Crippen LogP contribution in [0.3, 0.4) is 0 Å². The number of hydrogen-bond acceptors (Lipinski definition) is 3. The van der Waals surface area contributed by atoms with Crippen LogP contribution in [0.4, 0.5) is 5.69 Å². The number of amides is 1. The van der Waals surface area contributed by atoms with Crippen LogP contribution in [-0.4, -0.2) is 35.8 Å². The zero-order valence-electron chi connectivity index (χ0n) is 21.2. The Morgan fingerprint density at radius 1 is 0.842 bits per heavy atom. The standard InChI is InChI=1S/C32H29BrN4O/c1-36(28-13-6-3-7-14-28)21-9-20-34-32(38)30-23-35-37(29-15-8-12-27(33)22-29)31(30)26-18-16-25(17-19-26)24-10-4-2-5-11-24/h2-8,10-19,22-23H,9,20-21H2,1H3,(H,34,38). The van der Waals surface area contributed by atoms with E-state index in [0.717, 1.165) is 51.2 Å². The second-order valence-corrected chi connectivity index (χ2v) is 10.0. The van der Waals surface area contributed by atoms with Crippen LogP contribution >= 0.6 is 15.9 Å². The molecule has 0 aliphatic heterocycles. The van der Waals surface area contributed by atoms with E-state index >= 15 is 0 Å². The summed E-state index contributed by atoms with van der Waals surface area (Å²) in [5, 5.41) is 7.73. The van der Waals surface area contributed by atoms with Gasteiger partial charge < -0.3 is 10.2 Å². The molecule has 1 amide bonds. The normalized spacial score (nSPS) is 10.8. The molecule has 0 saturated carbocycles. The maximum absolute atomic E-state index is 13.4. The van der Waals surface area contributed by atoms with E-state index in [1.54, 1.807) is 6.20 Å². The van der Waals surface area contributed by atoms with Crippen molar-refractivity contribution in [3.8, 4) is 28.1 Å². The van der Waals surface area contributed by atoms with Gasteiger partial charge in [-0.2, -0.15) is 5.10 Å². The van der Waals surface area contributed by atoms with Crippen LogP contribution in [0.1, 0.15) is 16.8 Å². The largest absolute Gasteiger partial charge is 0.375 e. The van der Waals surface area contributed by atoms with Gasteiger partial charge in [0.05, 0.1) is 23.1 Å². The summed E-state index contributed by atoms with van der Waals surface area (Å²) >= 11 is 3.56. The Bertz CT molecular complexity index is 1500. The lowest BCUT2D eigenvalue weighted by molar-refractivity contribution is 0.0954. The molecule has 5 aromatic rings. The zero-order chi connectivity index (χ0) is 26.3. The van der Waals surface area contributed by atoms with Gasteiger partial charge >= 0.3 is 0 Å². The van der Waals surface area contributed by atoms with Crippen molar-refractivity contribution in [1.29, 1.82) is 0 Å². The smallest absolute Gasteiger partial charge is 0.255 e. The third-order valence-corrected chi connectivity index (χ3v) is 6.98. The van der Waals surface area contributed by atoms with Crippen molar-refractivity contribution in [1.82, 2.24) is 15.1 Å². The molecule has 1 aromatic heterocycles. The Morgan fingerprint density at radius 2 is 1.50 bits per heavy atom. The van der Waals surface area contributed by atoms with Crippen LogP contribution in [0, 0.1) is 0 Å². The molecule has 190 valence electrons. The van der Waals surface area contributed by atoms with Crippen molar-refractivity contribution >= 4 is 27.5 Å². The first-order valence-electron chi connectivity index (χ1n) is 12.6. The summed E-state index contributed by atoms with van der Waals surface area (Å²) < 4.78 is 2.78. The van der Waals surface area contributed by atoms with Gasteiger partial charge in [-0.1, -0.05) is 94.8 Å². The Morgan fingerprint density at radius 3 is 2.21 bits per heavy atom. The van der Waals surface area contributed by atoms with Gasteiger partial charge in [-0.3, -0.25) is 4.79 Å². The molecule has 0 spiro atoms. The Labute approximate surface area is 231 Å². The minimum atomic E-state index is -0.129. The summed E-state index contributed by atoms with van der Waals surface area (Å²) in [5.74, 6) is -0.129. The van der Waals surface area contributed by atoms with Crippen LogP contribution in [0.15, 0.2) is 120 Å². The molecule has 38 heavy (non-hydrogen) atoms. The number of aromatic nitrogens is 2. The monoisotopic (exact) mass is 564 g/mol. The first-order chi connectivity index (χ1) is 18.6. The van der Waals surface area contributed by atoms with Crippen molar-refractivity contribution in [3.63, 3.8) is 0 Å². The Kier molecular flexibility index (Phi) is 8.00. The predicted octanol–water partition coefficient (Wildman–Crippen LogP) is 7.23. The van der Waals surface area contributed by atoms with Gasteiger partial charge in [-0.25, -0.2) is 4.68 Å². The molecule has 0 unspecified atom stereocenters. The molecule has 0 fully saturated rings. The summed E-state index contributed by atoms with van der Waals surface area (Å²) in [6, 6.07) is 36.7. The van der Waals surface area contributed by atoms with E-state index in [-0.39, 0.29) is 5.91 Å². The zero-order valence-corrected chi connectivity index (χ0v) is 22.8. The molecule has 1 heterocycles. The molecular formula is C32H29BrN4O. The topological polar surface area (TPSA) is 50.2 Å². The van der Waals surface area contributed by atoms with E-state index < -0.39 is 0 Å². The number of benzene rings is 4. The highest BCUT2D eigenvalue weighted by Crippen LogP contribution is 2.30. The van der Waals surface area contributed by atoms with Gasteiger partial charge in [-0.05, 0) is 47.9 Å². The Hall–Kier alpha value is -4.16. The number of anilines is 1. The lowest BCUT2D eigenvalue weighted by atomic mass is 10.0. The summed E-state index contributed by atoms with van der Waals surface area (Å²) in [5.41, 5.74) is 6.56. The fraction of sp³-hybridized carbons (Fsp3) is 0.125. The maximum Gasteiger partial charge on any atom is 0.255 e. The van der Waals surface area contributed by atoms with E-state index in [1.807, 2.05) is 65.3 Å².